The lowest BCUT2D eigenvalue weighted by Crippen LogP contribution is -2.52. The number of rotatable bonds is 7. The molecule has 1 N–H and O–H groups in total. The van der Waals surface area contributed by atoms with Crippen LogP contribution in [0.4, 0.5) is 0 Å². The smallest absolute Gasteiger partial charge is 0.0829 e. The van der Waals surface area contributed by atoms with E-state index in [9.17, 15) is 5.11 Å². The Kier molecular flexibility index (Phi) is 6.07. The predicted molar refractivity (Wildman–Crippen MR) is 77.3 cm³/mol. The van der Waals surface area contributed by atoms with E-state index in [4.69, 9.17) is 4.74 Å². The molecule has 2 rings (SSSR count). The molecule has 0 aromatic heterocycles. The summed E-state index contributed by atoms with van der Waals surface area (Å²) in [4.78, 5) is 4.96. The minimum absolute atomic E-state index is 0.263. The van der Waals surface area contributed by atoms with Crippen LogP contribution in [0.15, 0.2) is 0 Å². The van der Waals surface area contributed by atoms with Crippen molar-refractivity contribution in [3.63, 3.8) is 0 Å². The average molecular weight is 270 g/mol. The third-order valence-corrected chi connectivity index (χ3v) is 4.26. The lowest BCUT2D eigenvalue weighted by molar-refractivity contribution is -0.0577. The number of aliphatic hydroxyl groups is 1. The highest BCUT2D eigenvalue weighted by atomic mass is 16.5. The maximum absolute atomic E-state index is 9.21. The zero-order chi connectivity index (χ0) is 13.7. The second-order valence-corrected chi connectivity index (χ2v) is 6.45. The highest BCUT2D eigenvalue weighted by molar-refractivity contribution is 4.83. The molecule has 0 radical (unpaired) electrons. The Hall–Kier alpha value is -0.160. The molecule has 2 fully saturated rings. The molecular weight excluding hydrogens is 240 g/mol. The van der Waals surface area contributed by atoms with Crippen LogP contribution in [-0.2, 0) is 4.74 Å². The minimum Gasteiger partial charge on any atom is -0.395 e. The Morgan fingerprint density at radius 2 is 2.16 bits per heavy atom. The Bertz CT molecular complexity index is 257. The van der Waals surface area contributed by atoms with Gasteiger partial charge in [-0.2, -0.15) is 0 Å². The molecule has 1 atom stereocenters. The summed E-state index contributed by atoms with van der Waals surface area (Å²) < 4.78 is 5.92. The van der Waals surface area contributed by atoms with Crippen molar-refractivity contribution < 1.29 is 9.84 Å². The summed E-state index contributed by atoms with van der Waals surface area (Å²) >= 11 is 0. The standard InChI is InChI=1S/C15H30N2O2/c1-13(2)10-16-7-9-19-15(11-16)12-17(6-8-18)14-4-3-5-14/h13-15,18H,3-12H2,1-2H3. The van der Waals surface area contributed by atoms with E-state index in [2.05, 4.69) is 23.6 Å². The van der Waals surface area contributed by atoms with Crippen molar-refractivity contribution >= 4 is 0 Å². The summed E-state index contributed by atoms with van der Waals surface area (Å²) in [6, 6.07) is 0.691. The van der Waals surface area contributed by atoms with Gasteiger partial charge in [-0.1, -0.05) is 20.3 Å². The molecule has 0 aromatic carbocycles. The van der Waals surface area contributed by atoms with Crippen LogP contribution in [-0.4, -0.2) is 73.0 Å². The van der Waals surface area contributed by atoms with Gasteiger partial charge in [0.15, 0.2) is 0 Å². The molecule has 1 saturated heterocycles. The maximum atomic E-state index is 9.21. The first-order chi connectivity index (χ1) is 9.19. The van der Waals surface area contributed by atoms with Crippen molar-refractivity contribution in [2.45, 2.75) is 45.3 Å². The molecule has 1 unspecified atom stereocenters. The van der Waals surface area contributed by atoms with Crippen molar-refractivity contribution in [1.29, 1.82) is 0 Å². The highest BCUT2D eigenvalue weighted by Gasteiger charge is 2.29. The lowest BCUT2D eigenvalue weighted by atomic mass is 9.91. The molecule has 112 valence electrons. The largest absolute Gasteiger partial charge is 0.395 e. The number of aliphatic hydroxyl groups excluding tert-OH is 1. The molecular formula is C15H30N2O2. The number of morpholine rings is 1. The highest BCUT2D eigenvalue weighted by Crippen LogP contribution is 2.25. The van der Waals surface area contributed by atoms with Crippen molar-refractivity contribution in [2.24, 2.45) is 5.92 Å². The van der Waals surface area contributed by atoms with E-state index in [-0.39, 0.29) is 6.61 Å². The number of ether oxygens (including phenoxy) is 1. The molecule has 0 aromatic rings. The van der Waals surface area contributed by atoms with Gasteiger partial charge in [-0.05, 0) is 18.8 Å². The SMILES string of the molecule is CC(C)CN1CCOC(CN(CCO)C2CCC2)C1. The summed E-state index contributed by atoms with van der Waals surface area (Å²) in [5, 5.41) is 9.21. The van der Waals surface area contributed by atoms with Gasteiger partial charge in [0.2, 0.25) is 0 Å². The third kappa shape index (κ3) is 4.71. The van der Waals surface area contributed by atoms with Crippen LogP contribution in [0.1, 0.15) is 33.1 Å². The first kappa shape index (κ1) is 15.2. The normalized spacial score (nSPS) is 26.1. The summed E-state index contributed by atoms with van der Waals surface area (Å²) in [5.74, 6) is 0.721. The molecule has 0 spiro atoms. The lowest BCUT2D eigenvalue weighted by Gasteiger charge is -2.41. The van der Waals surface area contributed by atoms with Crippen molar-refractivity contribution in [1.82, 2.24) is 9.80 Å². The van der Waals surface area contributed by atoms with Crippen LogP contribution < -0.4 is 0 Å². The maximum Gasteiger partial charge on any atom is 0.0829 e. The van der Waals surface area contributed by atoms with Gasteiger partial charge in [0.05, 0.1) is 19.3 Å². The molecule has 4 nitrogen and oxygen atoms in total. The number of hydrogen-bond donors (Lipinski definition) is 1. The second-order valence-electron chi connectivity index (χ2n) is 6.45. The van der Waals surface area contributed by atoms with E-state index in [1.165, 1.54) is 25.8 Å². The van der Waals surface area contributed by atoms with Gasteiger partial charge in [-0.25, -0.2) is 0 Å². The summed E-state index contributed by atoms with van der Waals surface area (Å²) in [6.07, 6.45) is 4.25. The van der Waals surface area contributed by atoms with Gasteiger partial charge in [0.25, 0.3) is 0 Å². The molecule has 1 heterocycles. The Morgan fingerprint density at radius 1 is 1.37 bits per heavy atom. The number of hydrogen-bond acceptors (Lipinski definition) is 4. The molecule has 19 heavy (non-hydrogen) atoms. The van der Waals surface area contributed by atoms with E-state index in [0.29, 0.717) is 12.1 Å². The molecule has 2 aliphatic rings. The van der Waals surface area contributed by atoms with Gasteiger partial charge in [0.1, 0.15) is 0 Å². The quantitative estimate of drug-likeness (QED) is 0.754. The van der Waals surface area contributed by atoms with E-state index in [1.807, 2.05) is 0 Å². The minimum atomic E-state index is 0.263. The van der Waals surface area contributed by atoms with E-state index < -0.39 is 0 Å². The second kappa shape index (κ2) is 7.58. The monoisotopic (exact) mass is 270 g/mol. The average Bonchev–Trinajstić information content (AvgIpc) is 2.26. The molecule has 0 bridgehead atoms. The molecule has 0 amide bonds. The fraction of sp³-hybridized carbons (Fsp3) is 1.00. The molecule has 1 aliphatic heterocycles. The van der Waals surface area contributed by atoms with E-state index >= 15 is 0 Å². The van der Waals surface area contributed by atoms with Crippen LogP contribution in [0, 0.1) is 5.92 Å². The van der Waals surface area contributed by atoms with Crippen LogP contribution >= 0.6 is 0 Å². The summed E-state index contributed by atoms with van der Waals surface area (Å²) in [7, 11) is 0. The summed E-state index contributed by atoms with van der Waals surface area (Å²) in [6.45, 7) is 10.7. The number of nitrogens with zero attached hydrogens (tertiary/aromatic N) is 2. The van der Waals surface area contributed by atoms with Crippen LogP contribution in [0.3, 0.4) is 0 Å². The molecule has 1 aliphatic carbocycles. The van der Waals surface area contributed by atoms with Crippen molar-refractivity contribution in [3.05, 3.63) is 0 Å². The van der Waals surface area contributed by atoms with Gasteiger partial charge >= 0.3 is 0 Å². The summed E-state index contributed by atoms with van der Waals surface area (Å²) in [5.41, 5.74) is 0. The zero-order valence-electron chi connectivity index (χ0n) is 12.6. The van der Waals surface area contributed by atoms with Crippen molar-refractivity contribution in [2.75, 3.05) is 45.9 Å². The van der Waals surface area contributed by atoms with E-state index in [0.717, 1.165) is 38.7 Å². The fourth-order valence-corrected chi connectivity index (χ4v) is 3.14. The van der Waals surface area contributed by atoms with Gasteiger partial charge < -0.3 is 9.84 Å². The Balaban J connectivity index is 1.78. The predicted octanol–water partition coefficient (Wildman–Crippen LogP) is 1.19. The van der Waals surface area contributed by atoms with Gasteiger partial charge in [-0.15, -0.1) is 0 Å². The fourth-order valence-electron chi connectivity index (χ4n) is 3.14. The Morgan fingerprint density at radius 3 is 2.74 bits per heavy atom. The van der Waals surface area contributed by atoms with Crippen LogP contribution in [0.25, 0.3) is 0 Å². The Labute approximate surface area is 117 Å². The zero-order valence-corrected chi connectivity index (χ0v) is 12.6. The van der Waals surface area contributed by atoms with Gasteiger partial charge in [0, 0.05) is 38.8 Å². The van der Waals surface area contributed by atoms with Crippen LogP contribution in [0.5, 0.6) is 0 Å². The molecule has 1 saturated carbocycles. The van der Waals surface area contributed by atoms with Crippen molar-refractivity contribution in [3.8, 4) is 0 Å². The topological polar surface area (TPSA) is 35.9 Å². The van der Waals surface area contributed by atoms with E-state index in [1.54, 1.807) is 0 Å². The first-order valence-electron chi connectivity index (χ1n) is 7.88. The first-order valence-corrected chi connectivity index (χ1v) is 7.88. The molecule has 4 heteroatoms. The van der Waals surface area contributed by atoms with Gasteiger partial charge in [-0.3, -0.25) is 9.80 Å². The third-order valence-electron chi connectivity index (χ3n) is 4.26. The van der Waals surface area contributed by atoms with Crippen LogP contribution in [0.2, 0.25) is 0 Å².